The maximum atomic E-state index is 13.0. The van der Waals surface area contributed by atoms with Crippen LogP contribution in [0.1, 0.15) is 35.4 Å². The summed E-state index contributed by atoms with van der Waals surface area (Å²) in [6, 6.07) is 5.43. The Morgan fingerprint density at radius 1 is 1.32 bits per heavy atom. The minimum absolute atomic E-state index is 0.0910. The van der Waals surface area contributed by atoms with E-state index in [1.165, 1.54) is 36.0 Å². The number of sulfone groups is 1. The summed E-state index contributed by atoms with van der Waals surface area (Å²) in [6.07, 6.45) is 0.545. The van der Waals surface area contributed by atoms with Crippen LogP contribution >= 0.6 is 11.8 Å². The number of benzene rings is 1. The minimum atomic E-state index is -3.00. The number of aromatic nitrogens is 3. The van der Waals surface area contributed by atoms with Gasteiger partial charge in [-0.2, -0.15) is 0 Å². The van der Waals surface area contributed by atoms with Crippen LogP contribution in [0, 0.1) is 5.82 Å². The van der Waals surface area contributed by atoms with Crippen LogP contribution in [-0.2, 0) is 16.9 Å². The second-order valence-electron chi connectivity index (χ2n) is 6.13. The van der Waals surface area contributed by atoms with Crippen molar-refractivity contribution in [1.82, 2.24) is 14.8 Å². The monoisotopic (exact) mass is 383 g/mol. The lowest BCUT2D eigenvalue weighted by atomic mass is 10.1. The number of rotatable bonds is 5. The van der Waals surface area contributed by atoms with E-state index < -0.39 is 15.1 Å². The van der Waals surface area contributed by atoms with E-state index in [-0.39, 0.29) is 29.0 Å². The maximum absolute atomic E-state index is 13.0. The van der Waals surface area contributed by atoms with Gasteiger partial charge in [-0.1, -0.05) is 11.8 Å². The molecule has 1 aromatic carbocycles. The number of thioether (sulfide) groups is 1. The molecule has 0 unspecified atom stereocenters. The van der Waals surface area contributed by atoms with Crippen LogP contribution in [0.4, 0.5) is 4.39 Å². The first-order valence-electron chi connectivity index (χ1n) is 7.83. The van der Waals surface area contributed by atoms with Gasteiger partial charge in [-0.25, -0.2) is 12.8 Å². The lowest BCUT2D eigenvalue weighted by molar-refractivity contribution is 0.0994. The molecule has 1 aromatic heterocycles. The van der Waals surface area contributed by atoms with Crippen molar-refractivity contribution < 1.29 is 17.6 Å². The average molecular weight is 383 g/mol. The molecule has 2 atom stereocenters. The Morgan fingerprint density at radius 3 is 2.60 bits per heavy atom. The van der Waals surface area contributed by atoms with Gasteiger partial charge in [-0.05, 0) is 37.6 Å². The zero-order valence-corrected chi connectivity index (χ0v) is 15.5. The molecule has 3 rings (SSSR count). The zero-order valence-electron chi connectivity index (χ0n) is 13.8. The predicted molar refractivity (Wildman–Crippen MR) is 93.1 cm³/mol. The normalized spacial score (nSPS) is 20.5. The van der Waals surface area contributed by atoms with Crippen molar-refractivity contribution in [2.24, 2.45) is 7.05 Å². The van der Waals surface area contributed by atoms with Gasteiger partial charge in [0.2, 0.25) is 0 Å². The molecule has 1 saturated heterocycles. The topological polar surface area (TPSA) is 81.9 Å². The smallest absolute Gasteiger partial charge is 0.191 e. The van der Waals surface area contributed by atoms with Crippen molar-refractivity contribution in [2.75, 3.05) is 11.5 Å². The third-order valence-corrected chi connectivity index (χ3v) is 7.15. The molecule has 0 radical (unpaired) electrons. The molecule has 1 aliphatic heterocycles. The van der Waals surface area contributed by atoms with E-state index in [9.17, 15) is 17.6 Å². The van der Waals surface area contributed by atoms with E-state index in [4.69, 9.17) is 0 Å². The molecule has 2 aromatic rings. The fourth-order valence-corrected chi connectivity index (χ4v) is 5.48. The van der Waals surface area contributed by atoms with Crippen molar-refractivity contribution in [3.8, 4) is 0 Å². The molecular weight excluding hydrogens is 365 g/mol. The maximum Gasteiger partial charge on any atom is 0.191 e. The molecule has 0 spiro atoms. The molecule has 0 N–H and O–H groups in total. The van der Waals surface area contributed by atoms with E-state index in [0.717, 1.165) is 0 Å². The van der Waals surface area contributed by atoms with E-state index in [1.807, 2.05) is 0 Å². The van der Waals surface area contributed by atoms with Crippen LogP contribution in [-0.4, -0.2) is 45.7 Å². The number of halogens is 1. The van der Waals surface area contributed by atoms with Crippen LogP contribution in [0.25, 0.3) is 0 Å². The van der Waals surface area contributed by atoms with E-state index in [2.05, 4.69) is 10.2 Å². The van der Waals surface area contributed by atoms with Gasteiger partial charge in [0.25, 0.3) is 0 Å². The molecule has 0 amide bonds. The van der Waals surface area contributed by atoms with Crippen molar-refractivity contribution in [3.05, 3.63) is 41.5 Å². The standard InChI is InChI=1S/C16H18FN3O3S2/c1-10(14(21)11-3-5-13(17)6-4-11)24-16-19-18-15(20(16)2)12-7-8-25(22,23)9-12/h3-6,10,12H,7-9H2,1-2H3/t10-,12+/m0/s1. The number of Topliss-reactive ketones (excluding diaryl/α,β-unsaturated/α-hetero) is 1. The Kier molecular flexibility index (Phi) is 4.97. The van der Waals surface area contributed by atoms with Crippen molar-refractivity contribution in [3.63, 3.8) is 0 Å². The summed E-state index contributed by atoms with van der Waals surface area (Å²) in [5, 5.41) is 8.37. The van der Waals surface area contributed by atoms with E-state index in [1.54, 1.807) is 18.5 Å². The van der Waals surface area contributed by atoms with Crippen LogP contribution < -0.4 is 0 Å². The van der Waals surface area contributed by atoms with Crippen LogP contribution in [0.3, 0.4) is 0 Å². The molecule has 25 heavy (non-hydrogen) atoms. The van der Waals surface area contributed by atoms with Gasteiger partial charge in [0.15, 0.2) is 20.8 Å². The van der Waals surface area contributed by atoms with Gasteiger partial charge in [-0.15, -0.1) is 10.2 Å². The number of hydrogen-bond acceptors (Lipinski definition) is 6. The fourth-order valence-electron chi connectivity index (χ4n) is 2.84. The van der Waals surface area contributed by atoms with Crippen molar-refractivity contribution in [1.29, 1.82) is 0 Å². The predicted octanol–water partition coefficient (Wildman–Crippen LogP) is 2.22. The number of ketones is 1. The Hall–Kier alpha value is -1.74. The highest BCUT2D eigenvalue weighted by molar-refractivity contribution is 8.00. The summed E-state index contributed by atoms with van der Waals surface area (Å²) < 4.78 is 38.0. The second-order valence-corrected chi connectivity index (χ2v) is 9.67. The first-order chi connectivity index (χ1) is 11.8. The lowest BCUT2D eigenvalue weighted by Crippen LogP contribution is -2.15. The number of hydrogen-bond donors (Lipinski definition) is 0. The third-order valence-electron chi connectivity index (χ3n) is 4.25. The minimum Gasteiger partial charge on any atom is -0.309 e. The molecule has 9 heteroatoms. The molecule has 2 heterocycles. The summed E-state index contributed by atoms with van der Waals surface area (Å²) >= 11 is 1.25. The lowest BCUT2D eigenvalue weighted by Gasteiger charge is -2.11. The first kappa shape index (κ1) is 18.1. The first-order valence-corrected chi connectivity index (χ1v) is 10.5. The molecule has 0 bridgehead atoms. The zero-order chi connectivity index (χ0) is 18.2. The summed E-state index contributed by atoms with van der Waals surface area (Å²) in [7, 11) is -1.22. The number of carbonyl (C=O) groups excluding carboxylic acids is 1. The van der Waals surface area contributed by atoms with Gasteiger partial charge in [0, 0.05) is 18.5 Å². The highest BCUT2D eigenvalue weighted by atomic mass is 32.2. The Morgan fingerprint density at radius 2 is 2.00 bits per heavy atom. The van der Waals surface area contributed by atoms with Crippen LogP contribution in [0.2, 0.25) is 0 Å². The molecule has 1 aliphatic rings. The van der Waals surface area contributed by atoms with Gasteiger partial charge >= 0.3 is 0 Å². The van der Waals surface area contributed by atoms with Crippen molar-refractivity contribution >= 4 is 27.4 Å². The largest absolute Gasteiger partial charge is 0.309 e. The summed E-state index contributed by atoms with van der Waals surface area (Å²) in [5.74, 6) is 0.226. The quantitative estimate of drug-likeness (QED) is 0.582. The van der Waals surface area contributed by atoms with Gasteiger partial charge in [0.1, 0.15) is 11.6 Å². The molecule has 1 fully saturated rings. The third kappa shape index (κ3) is 3.92. The SMILES string of the molecule is C[C@H](Sc1nnc([C@@H]2CCS(=O)(=O)C2)n1C)C(=O)c1ccc(F)cc1. The van der Waals surface area contributed by atoms with Gasteiger partial charge in [-0.3, -0.25) is 4.79 Å². The molecule has 134 valence electrons. The van der Waals surface area contributed by atoms with Crippen LogP contribution in [0.15, 0.2) is 29.4 Å². The molecule has 0 saturated carbocycles. The van der Waals surface area contributed by atoms with E-state index >= 15 is 0 Å². The number of nitrogens with zero attached hydrogens (tertiary/aromatic N) is 3. The molecule has 6 nitrogen and oxygen atoms in total. The molecular formula is C16H18FN3O3S2. The van der Waals surface area contributed by atoms with Crippen LogP contribution in [0.5, 0.6) is 0 Å². The van der Waals surface area contributed by atoms with E-state index in [0.29, 0.717) is 23.0 Å². The Bertz CT molecular complexity index is 894. The average Bonchev–Trinajstić information content (AvgIpc) is 3.10. The number of carbonyl (C=O) groups is 1. The summed E-state index contributed by atoms with van der Waals surface area (Å²) in [6.45, 7) is 1.75. The molecule has 0 aliphatic carbocycles. The Balaban J connectivity index is 1.73. The highest BCUT2D eigenvalue weighted by Gasteiger charge is 2.33. The van der Waals surface area contributed by atoms with Crippen molar-refractivity contribution in [2.45, 2.75) is 29.7 Å². The summed E-state index contributed by atoms with van der Waals surface area (Å²) in [4.78, 5) is 12.4. The Labute approximate surface area is 149 Å². The summed E-state index contributed by atoms with van der Waals surface area (Å²) in [5.41, 5.74) is 0.436. The van der Waals surface area contributed by atoms with Gasteiger partial charge < -0.3 is 4.57 Å². The second kappa shape index (κ2) is 6.87. The fraction of sp³-hybridized carbons (Fsp3) is 0.438. The highest BCUT2D eigenvalue weighted by Crippen LogP contribution is 2.31. The van der Waals surface area contributed by atoms with Gasteiger partial charge in [0.05, 0.1) is 16.8 Å².